The number of carboxylic acids is 2. The lowest BCUT2D eigenvalue weighted by molar-refractivity contribution is 0.0651. The first-order chi connectivity index (χ1) is 9.97. The second-order valence-electron chi connectivity index (χ2n) is 4.54. The lowest BCUT2D eigenvalue weighted by Crippen LogP contribution is -2.06. The van der Waals surface area contributed by atoms with E-state index in [-0.39, 0.29) is 11.1 Å². The van der Waals surface area contributed by atoms with Crippen LogP contribution >= 0.6 is 7.92 Å². The Morgan fingerprint density at radius 2 is 1.38 bits per heavy atom. The summed E-state index contributed by atoms with van der Waals surface area (Å²) in [6.07, 6.45) is 7.21. The maximum absolute atomic E-state index is 10.5. The van der Waals surface area contributed by atoms with Gasteiger partial charge in [-0.25, -0.2) is 9.59 Å². The summed E-state index contributed by atoms with van der Waals surface area (Å²) in [6.45, 7) is 6.93. The van der Waals surface area contributed by atoms with E-state index in [2.05, 4.69) is 20.8 Å². The molecule has 0 aliphatic rings. The SMILES string of the molecule is CCCCP(CC)CC.O=C(O)c1ccccc1C(=O)O. The molecule has 0 atom stereocenters. The van der Waals surface area contributed by atoms with Crippen LogP contribution in [-0.2, 0) is 0 Å². The molecule has 0 bridgehead atoms. The summed E-state index contributed by atoms with van der Waals surface area (Å²) in [6, 6.07) is 5.48. The molecule has 0 aliphatic heterocycles. The minimum Gasteiger partial charge on any atom is -0.478 e. The smallest absolute Gasteiger partial charge is 0.336 e. The third-order valence-electron chi connectivity index (χ3n) is 3.11. The minimum absolute atomic E-state index is 0.190. The van der Waals surface area contributed by atoms with Gasteiger partial charge in [-0.2, -0.15) is 0 Å². The Morgan fingerprint density at radius 1 is 0.952 bits per heavy atom. The summed E-state index contributed by atoms with van der Waals surface area (Å²) >= 11 is 0. The van der Waals surface area contributed by atoms with Gasteiger partial charge in [-0.3, -0.25) is 0 Å². The van der Waals surface area contributed by atoms with Crippen molar-refractivity contribution in [1.82, 2.24) is 0 Å². The van der Waals surface area contributed by atoms with Crippen molar-refractivity contribution in [1.29, 1.82) is 0 Å². The topological polar surface area (TPSA) is 74.6 Å². The molecule has 4 nitrogen and oxygen atoms in total. The van der Waals surface area contributed by atoms with Crippen LogP contribution in [-0.4, -0.2) is 40.6 Å². The predicted octanol–water partition coefficient (Wildman–Crippen LogP) is 4.39. The van der Waals surface area contributed by atoms with Gasteiger partial charge in [0, 0.05) is 0 Å². The van der Waals surface area contributed by atoms with Crippen LogP contribution in [0.2, 0.25) is 0 Å². The van der Waals surface area contributed by atoms with Gasteiger partial charge in [0.1, 0.15) is 0 Å². The Bertz CT molecular complexity index is 409. The van der Waals surface area contributed by atoms with Gasteiger partial charge in [0.25, 0.3) is 0 Å². The molecule has 2 N–H and O–H groups in total. The summed E-state index contributed by atoms with van der Waals surface area (Å²) < 4.78 is 0. The Kier molecular flexibility index (Phi) is 10.5. The average Bonchev–Trinajstić information content (AvgIpc) is 2.49. The van der Waals surface area contributed by atoms with Gasteiger partial charge < -0.3 is 10.2 Å². The molecule has 0 fully saturated rings. The zero-order valence-electron chi connectivity index (χ0n) is 13.0. The number of carboxylic acid groups (broad SMARTS) is 2. The normalized spacial score (nSPS) is 9.90. The van der Waals surface area contributed by atoms with Crippen LogP contribution in [0.25, 0.3) is 0 Å². The molecule has 1 rings (SSSR count). The van der Waals surface area contributed by atoms with Crippen molar-refractivity contribution < 1.29 is 19.8 Å². The van der Waals surface area contributed by atoms with Gasteiger partial charge in [-0.1, -0.05) is 39.3 Å². The summed E-state index contributed by atoms with van der Waals surface area (Å²) in [5, 5.41) is 17.1. The molecule has 21 heavy (non-hydrogen) atoms. The molecule has 0 saturated heterocycles. The summed E-state index contributed by atoms with van der Waals surface area (Å²) in [5.41, 5.74) is -0.380. The molecule has 0 spiro atoms. The van der Waals surface area contributed by atoms with Crippen LogP contribution < -0.4 is 0 Å². The van der Waals surface area contributed by atoms with Crippen LogP contribution in [0, 0.1) is 0 Å². The van der Waals surface area contributed by atoms with Crippen molar-refractivity contribution in [2.75, 3.05) is 18.5 Å². The molecule has 1 aromatic carbocycles. The lowest BCUT2D eigenvalue weighted by atomic mass is 10.1. The number of carbonyl (C=O) groups is 2. The van der Waals surface area contributed by atoms with E-state index in [0.29, 0.717) is 7.92 Å². The van der Waals surface area contributed by atoms with Crippen molar-refractivity contribution in [2.24, 2.45) is 0 Å². The standard InChI is InChI=1S/C8H6O4.C8H19P/c9-7(10)5-3-1-2-4-6(5)8(11)12;1-4-7-8-9(5-2)6-3/h1-4H,(H,9,10)(H,11,12);4-8H2,1-3H3. The van der Waals surface area contributed by atoms with Crippen LogP contribution in [0.3, 0.4) is 0 Å². The third kappa shape index (κ3) is 7.81. The Hall–Kier alpha value is -1.41. The molecular formula is C16H25O4P. The summed E-state index contributed by atoms with van der Waals surface area (Å²) in [4.78, 5) is 20.9. The second kappa shape index (κ2) is 11.3. The molecule has 5 heteroatoms. The van der Waals surface area contributed by atoms with E-state index in [1.54, 1.807) is 0 Å². The van der Waals surface area contributed by atoms with E-state index >= 15 is 0 Å². The van der Waals surface area contributed by atoms with E-state index in [9.17, 15) is 9.59 Å². The van der Waals surface area contributed by atoms with Crippen molar-refractivity contribution in [2.45, 2.75) is 33.6 Å². The molecule has 0 heterocycles. The molecule has 0 aliphatic carbocycles. The molecule has 0 unspecified atom stereocenters. The fourth-order valence-electron chi connectivity index (χ4n) is 1.78. The van der Waals surface area contributed by atoms with Crippen LogP contribution in [0.4, 0.5) is 0 Å². The number of aromatic carboxylic acids is 2. The Labute approximate surface area is 127 Å². The number of rotatable bonds is 7. The lowest BCUT2D eigenvalue weighted by Gasteiger charge is -2.10. The maximum atomic E-state index is 10.5. The van der Waals surface area contributed by atoms with Gasteiger partial charge in [0.2, 0.25) is 0 Å². The van der Waals surface area contributed by atoms with E-state index in [0.717, 1.165) is 0 Å². The number of unbranched alkanes of at least 4 members (excludes halogenated alkanes) is 1. The molecule has 1 aromatic rings. The summed E-state index contributed by atoms with van der Waals surface area (Å²) in [7, 11) is 0.438. The van der Waals surface area contributed by atoms with Crippen molar-refractivity contribution in [3.05, 3.63) is 35.4 Å². The second-order valence-corrected chi connectivity index (χ2v) is 7.59. The average molecular weight is 312 g/mol. The van der Waals surface area contributed by atoms with Gasteiger partial charge in [-0.15, -0.1) is 7.92 Å². The first-order valence-corrected chi connectivity index (χ1v) is 9.15. The number of benzene rings is 1. The minimum atomic E-state index is -1.23. The van der Waals surface area contributed by atoms with Gasteiger partial charge in [-0.05, 0) is 37.0 Å². The van der Waals surface area contributed by atoms with Crippen LogP contribution in [0.15, 0.2) is 24.3 Å². The van der Waals surface area contributed by atoms with Gasteiger partial charge >= 0.3 is 11.9 Å². The fourth-order valence-corrected chi connectivity index (χ4v) is 3.62. The van der Waals surface area contributed by atoms with Gasteiger partial charge in [0.05, 0.1) is 11.1 Å². The highest BCUT2D eigenvalue weighted by Crippen LogP contribution is 2.34. The van der Waals surface area contributed by atoms with Crippen LogP contribution in [0.1, 0.15) is 54.3 Å². The largest absolute Gasteiger partial charge is 0.478 e. The Balaban J connectivity index is 0.000000400. The quantitative estimate of drug-likeness (QED) is 0.732. The zero-order chi connectivity index (χ0) is 16.3. The maximum Gasteiger partial charge on any atom is 0.336 e. The molecular weight excluding hydrogens is 287 g/mol. The van der Waals surface area contributed by atoms with E-state index in [1.807, 2.05) is 0 Å². The van der Waals surface area contributed by atoms with Crippen molar-refractivity contribution >= 4 is 19.9 Å². The van der Waals surface area contributed by atoms with E-state index < -0.39 is 11.9 Å². The highest BCUT2D eigenvalue weighted by molar-refractivity contribution is 7.57. The molecule has 0 aromatic heterocycles. The molecule has 0 amide bonds. The van der Waals surface area contributed by atoms with Crippen molar-refractivity contribution in [3.8, 4) is 0 Å². The zero-order valence-corrected chi connectivity index (χ0v) is 13.9. The predicted molar refractivity (Wildman–Crippen MR) is 88.1 cm³/mol. The fraction of sp³-hybridized carbons (Fsp3) is 0.500. The highest BCUT2D eigenvalue weighted by Gasteiger charge is 2.13. The number of hydrogen-bond donors (Lipinski definition) is 2. The van der Waals surface area contributed by atoms with E-state index in [4.69, 9.17) is 10.2 Å². The van der Waals surface area contributed by atoms with Crippen LogP contribution in [0.5, 0.6) is 0 Å². The molecule has 0 saturated carbocycles. The van der Waals surface area contributed by atoms with E-state index in [1.165, 1.54) is 55.6 Å². The molecule has 118 valence electrons. The number of hydrogen-bond acceptors (Lipinski definition) is 2. The summed E-state index contributed by atoms with van der Waals surface area (Å²) in [5.74, 6) is -2.46. The molecule has 0 radical (unpaired) electrons. The highest BCUT2D eigenvalue weighted by atomic mass is 31.1. The first-order valence-electron chi connectivity index (χ1n) is 7.25. The third-order valence-corrected chi connectivity index (χ3v) is 5.85. The first kappa shape index (κ1) is 19.6. The van der Waals surface area contributed by atoms with Gasteiger partial charge in [0.15, 0.2) is 0 Å². The van der Waals surface area contributed by atoms with Crippen molar-refractivity contribution in [3.63, 3.8) is 0 Å². The Morgan fingerprint density at radius 3 is 1.67 bits per heavy atom. The monoisotopic (exact) mass is 312 g/mol.